The molecule has 0 unspecified atom stereocenters. The molecule has 2 N–H and O–H groups in total. The third-order valence-corrected chi connectivity index (χ3v) is 7.27. The van der Waals surface area contributed by atoms with E-state index in [1.807, 2.05) is 0 Å². The molecule has 48 heavy (non-hydrogen) atoms. The Hall–Kier alpha value is -1.86. The molecule has 2 amide bonds. The molecular weight excluding hydrogens is 764 g/mol. The number of benzene rings is 1. The number of amides is 2. The molecule has 14 nitrogen and oxygen atoms in total. The van der Waals surface area contributed by atoms with E-state index in [1.54, 1.807) is 25.3 Å². The second kappa shape index (κ2) is 31.1. The van der Waals surface area contributed by atoms with Crippen LogP contribution in [0.25, 0.3) is 0 Å². The number of hydrogen-bond acceptors (Lipinski definition) is 12. The van der Waals surface area contributed by atoms with Crippen molar-refractivity contribution in [1.29, 1.82) is 0 Å². The van der Waals surface area contributed by atoms with Crippen LogP contribution >= 0.6 is 31.9 Å². The van der Waals surface area contributed by atoms with E-state index in [4.69, 9.17) is 37.9 Å². The molecule has 16 heteroatoms. The predicted molar refractivity (Wildman–Crippen MR) is 186 cm³/mol. The zero-order chi connectivity index (χ0) is 35.1. The van der Waals surface area contributed by atoms with Crippen molar-refractivity contribution in [2.45, 2.75) is 19.3 Å². The number of halogens is 2. The summed E-state index contributed by atoms with van der Waals surface area (Å²) in [6, 6.07) is 4.81. The van der Waals surface area contributed by atoms with Gasteiger partial charge in [0.1, 0.15) is 12.4 Å². The third-order valence-electron chi connectivity index (χ3n) is 6.13. The lowest BCUT2D eigenvalue weighted by atomic mass is 10.0. The van der Waals surface area contributed by atoms with Crippen molar-refractivity contribution in [3.63, 3.8) is 0 Å². The molecule has 0 atom stereocenters. The fourth-order valence-electron chi connectivity index (χ4n) is 3.76. The highest BCUT2D eigenvalue weighted by molar-refractivity contribution is 9.09. The van der Waals surface area contributed by atoms with Gasteiger partial charge in [-0.1, -0.05) is 31.9 Å². The van der Waals surface area contributed by atoms with Gasteiger partial charge in [0.15, 0.2) is 5.78 Å². The average Bonchev–Trinajstić information content (AvgIpc) is 3.09. The summed E-state index contributed by atoms with van der Waals surface area (Å²) in [4.78, 5) is 48.2. The number of carbonyl (C=O) groups excluding carboxylic acids is 4. The lowest BCUT2D eigenvalue weighted by Crippen LogP contribution is -2.28. The second-order valence-electron chi connectivity index (χ2n) is 10.0. The number of carbonyl (C=O) groups is 4. The molecular formula is C32H50Br2N2O12. The maximum Gasteiger partial charge on any atom is 0.251 e. The fourth-order valence-corrected chi connectivity index (χ4v) is 4.10. The fraction of sp³-hybridized carbons (Fsp3) is 0.688. The van der Waals surface area contributed by atoms with E-state index >= 15 is 0 Å². The number of ketones is 2. The van der Waals surface area contributed by atoms with Crippen LogP contribution in [0.2, 0.25) is 0 Å². The standard InChI is InChI=1S/C32H50Br2N2O12/c1-41-9-10-44-15-16-45-13-11-42-7-2-3-28(37)25-48-20-19-47-18-17-46-14-12-43-8-6-35-32(40)26-4-5-30(36-31(39)24-34)27(21-26)22-29(38)23-33/h4-5,21H,2-3,6-20,22-25H2,1H3,(H,35,40)(H,36,39). The molecule has 0 aliphatic carbocycles. The van der Waals surface area contributed by atoms with Crippen LogP contribution < -0.4 is 10.6 Å². The maximum atomic E-state index is 12.6. The van der Waals surface area contributed by atoms with E-state index in [1.165, 1.54) is 0 Å². The van der Waals surface area contributed by atoms with E-state index in [0.717, 1.165) is 0 Å². The number of methoxy groups -OCH3 is 1. The second-order valence-corrected chi connectivity index (χ2v) is 11.1. The Morgan fingerprint density at radius 1 is 0.646 bits per heavy atom. The Morgan fingerprint density at radius 2 is 1.19 bits per heavy atom. The summed E-state index contributed by atoms with van der Waals surface area (Å²) in [5.41, 5.74) is 1.42. The Bertz CT molecular complexity index is 1030. The zero-order valence-electron chi connectivity index (χ0n) is 27.7. The van der Waals surface area contributed by atoms with Crippen LogP contribution in [0.5, 0.6) is 0 Å². The minimum absolute atomic E-state index is 0.0185. The highest BCUT2D eigenvalue weighted by Gasteiger charge is 2.14. The van der Waals surface area contributed by atoms with E-state index in [0.29, 0.717) is 129 Å². The van der Waals surface area contributed by atoms with Gasteiger partial charge in [0.2, 0.25) is 5.91 Å². The van der Waals surface area contributed by atoms with Crippen molar-refractivity contribution in [1.82, 2.24) is 5.32 Å². The number of ether oxygens (including phenoxy) is 8. The largest absolute Gasteiger partial charge is 0.382 e. The van der Waals surface area contributed by atoms with Gasteiger partial charge < -0.3 is 48.5 Å². The smallest absolute Gasteiger partial charge is 0.251 e. The number of nitrogens with one attached hydrogen (secondary N) is 2. The minimum Gasteiger partial charge on any atom is -0.382 e. The molecule has 0 aliphatic rings. The van der Waals surface area contributed by atoms with Gasteiger partial charge in [0, 0.05) is 44.4 Å². The first-order chi connectivity index (χ1) is 23.4. The molecule has 1 aromatic rings. The monoisotopic (exact) mass is 812 g/mol. The first-order valence-corrected chi connectivity index (χ1v) is 18.0. The molecule has 0 saturated carbocycles. The quantitative estimate of drug-likeness (QED) is 0.0788. The Morgan fingerprint density at radius 3 is 1.75 bits per heavy atom. The van der Waals surface area contributed by atoms with Gasteiger partial charge in [-0.05, 0) is 30.2 Å². The summed E-state index contributed by atoms with van der Waals surface area (Å²) < 4.78 is 42.7. The summed E-state index contributed by atoms with van der Waals surface area (Å²) in [6.45, 7) is 6.40. The van der Waals surface area contributed by atoms with Crippen LogP contribution in [-0.4, -0.2) is 147 Å². The molecule has 0 radical (unpaired) electrons. The van der Waals surface area contributed by atoms with Crippen molar-refractivity contribution in [3.8, 4) is 0 Å². The van der Waals surface area contributed by atoms with Gasteiger partial charge in [0.05, 0.1) is 96.5 Å². The number of alkyl halides is 2. The van der Waals surface area contributed by atoms with Crippen molar-refractivity contribution in [2.75, 3.05) is 129 Å². The number of hydrogen-bond donors (Lipinski definition) is 2. The Labute approximate surface area is 299 Å². The van der Waals surface area contributed by atoms with E-state index in [9.17, 15) is 19.2 Å². The van der Waals surface area contributed by atoms with Crippen molar-refractivity contribution in [2.24, 2.45) is 0 Å². The van der Waals surface area contributed by atoms with Gasteiger partial charge in [-0.3, -0.25) is 19.2 Å². The van der Waals surface area contributed by atoms with Crippen LogP contribution in [0.1, 0.15) is 28.8 Å². The first kappa shape index (κ1) is 44.2. The predicted octanol–water partition coefficient (Wildman–Crippen LogP) is 2.37. The lowest BCUT2D eigenvalue weighted by molar-refractivity contribution is -0.124. The van der Waals surface area contributed by atoms with E-state index in [2.05, 4.69) is 42.5 Å². The van der Waals surface area contributed by atoms with Crippen molar-refractivity contribution >= 4 is 60.9 Å². The van der Waals surface area contributed by atoms with Gasteiger partial charge in [-0.25, -0.2) is 0 Å². The molecule has 0 heterocycles. The van der Waals surface area contributed by atoms with Crippen LogP contribution in [0.4, 0.5) is 5.69 Å². The van der Waals surface area contributed by atoms with Crippen LogP contribution in [0.15, 0.2) is 18.2 Å². The summed E-state index contributed by atoms with van der Waals surface area (Å²) in [7, 11) is 1.63. The lowest BCUT2D eigenvalue weighted by Gasteiger charge is -2.12. The van der Waals surface area contributed by atoms with Crippen LogP contribution in [0, 0.1) is 0 Å². The Kier molecular flexibility index (Phi) is 28.7. The highest BCUT2D eigenvalue weighted by Crippen LogP contribution is 2.19. The Balaban J connectivity index is 1.96. The van der Waals surface area contributed by atoms with Crippen LogP contribution in [0.3, 0.4) is 0 Å². The highest BCUT2D eigenvalue weighted by atomic mass is 79.9. The normalized spacial score (nSPS) is 11.1. The van der Waals surface area contributed by atoms with Gasteiger partial charge in [0.25, 0.3) is 5.91 Å². The number of anilines is 1. The minimum atomic E-state index is -0.314. The van der Waals surface area contributed by atoms with Crippen LogP contribution in [-0.2, 0) is 58.7 Å². The first-order valence-electron chi connectivity index (χ1n) is 15.8. The topological polar surface area (TPSA) is 166 Å². The number of Topliss-reactive ketones (excluding diaryl/α,β-unsaturated/α-hetero) is 2. The molecule has 0 saturated heterocycles. The summed E-state index contributed by atoms with van der Waals surface area (Å²) in [5, 5.41) is 5.78. The summed E-state index contributed by atoms with van der Waals surface area (Å²) in [5.74, 6) is -0.630. The third kappa shape index (κ3) is 24.3. The maximum absolute atomic E-state index is 12.6. The molecule has 1 rings (SSSR count). The zero-order valence-corrected chi connectivity index (χ0v) is 30.9. The molecule has 0 aromatic heterocycles. The van der Waals surface area contributed by atoms with Gasteiger partial charge >= 0.3 is 0 Å². The van der Waals surface area contributed by atoms with E-state index in [-0.39, 0.29) is 47.1 Å². The van der Waals surface area contributed by atoms with Gasteiger partial charge in [-0.15, -0.1) is 0 Å². The van der Waals surface area contributed by atoms with E-state index < -0.39 is 0 Å². The molecule has 0 aliphatic heterocycles. The molecule has 0 spiro atoms. The van der Waals surface area contributed by atoms with Crippen molar-refractivity contribution < 1.29 is 57.1 Å². The molecule has 0 bridgehead atoms. The van der Waals surface area contributed by atoms with Gasteiger partial charge in [-0.2, -0.15) is 0 Å². The summed E-state index contributed by atoms with van der Waals surface area (Å²) in [6.07, 6.45) is 1.11. The SMILES string of the molecule is COCCOCCOCCOCCCC(=O)COCCOCCOCCOCCNC(=O)c1ccc(NC(=O)CBr)c(CC(=O)CBr)c1. The molecule has 274 valence electrons. The summed E-state index contributed by atoms with van der Waals surface area (Å²) >= 11 is 6.23. The average molecular weight is 815 g/mol. The molecule has 1 aromatic carbocycles. The molecule has 0 fully saturated rings. The van der Waals surface area contributed by atoms with Crippen molar-refractivity contribution in [3.05, 3.63) is 29.3 Å². The number of rotatable bonds is 33.